The molecule has 3 rings (SSSR count). The summed E-state index contributed by atoms with van der Waals surface area (Å²) < 4.78 is 7.43. The Morgan fingerprint density at radius 1 is 1.15 bits per heavy atom. The summed E-state index contributed by atoms with van der Waals surface area (Å²) in [4.78, 5) is 38.0. The van der Waals surface area contributed by atoms with Crippen molar-refractivity contribution in [1.29, 1.82) is 0 Å². The van der Waals surface area contributed by atoms with E-state index < -0.39 is 22.9 Å². The second kappa shape index (κ2) is 6.08. The fourth-order valence-electron chi connectivity index (χ4n) is 4.18. The summed E-state index contributed by atoms with van der Waals surface area (Å²) in [6.45, 7) is 8.66. The molecule has 1 fully saturated rings. The molecule has 0 unspecified atom stereocenters. The van der Waals surface area contributed by atoms with Gasteiger partial charge in [0.15, 0.2) is 5.78 Å². The molecule has 0 spiro atoms. The molecule has 0 radical (unpaired) electrons. The molecule has 1 aliphatic rings. The van der Waals surface area contributed by atoms with Gasteiger partial charge in [-0.15, -0.1) is 0 Å². The van der Waals surface area contributed by atoms with E-state index in [1.165, 1.54) is 6.92 Å². The third-order valence-electron chi connectivity index (χ3n) is 5.88. The van der Waals surface area contributed by atoms with Crippen molar-refractivity contribution in [2.45, 2.75) is 53.6 Å². The van der Waals surface area contributed by atoms with Crippen molar-refractivity contribution in [1.82, 2.24) is 4.57 Å². The zero-order valence-electron chi connectivity index (χ0n) is 16.0. The molecule has 1 aromatic heterocycles. The highest BCUT2D eigenvalue weighted by Crippen LogP contribution is 2.53. The van der Waals surface area contributed by atoms with Crippen LogP contribution >= 0.6 is 0 Å². The quantitative estimate of drug-likeness (QED) is 0.608. The van der Waals surface area contributed by atoms with Gasteiger partial charge in [-0.1, -0.05) is 32.0 Å². The van der Waals surface area contributed by atoms with Crippen LogP contribution in [0.15, 0.2) is 30.5 Å². The lowest BCUT2D eigenvalue weighted by Crippen LogP contribution is -2.54. The molecule has 26 heavy (non-hydrogen) atoms. The van der Waals surface area contributed by atoms with Crippen molar-refractivity contribution < 1.29 is 19.1 Å². The largest absolute Gasteiger partial charge is 0.456 e. The minimum atomic E-state index is -1.17. The number of cyclic esters (lactones) is 1. The van der Waals surface area contributed by atoms with E-state index in [4.69, 9.17) is 4.74 Å². The van der Waals surface area contributed by atoms with E-state index in [1.54, 1.807) is 24.6 Å². The fourth-order valence-corrected chi connectivity index (χ4v) is 4.18. The number of hydrogen-bond acceptors (Lipinski definition) is 4. The molecule has 1 aromatic carbocycles. The van der Waals surface area contributed by atoms with Crippen LogP contribution in [0.1, 0.15) is 63.9 Å². The maximum absolute atomic E-state index is 13.3. The van der Waals surface area contributed by atoms with Gasteiger partial charge in [0.05, 0.1) is 10.9 Å². The SMILES string of the molecule is CCC1(CC)C(=O)C(C)(C)C(=O)O[C@H]1c1cn(C(C)=O)c2ccccc12. The van der Waals surface area contributed by atoms with E-state index in [1.807, 2.05) is 38.1 Å². The Morgan fingerprint density at radius 3 is 2.35 bits per heavy atom. The van der Waals surface area contributed by atoms with Crippen molar-refractivity contribution in [3.05, 3.63) is 36.0 Å². The maximum Gasteiger partial charge on any atom is 0.319 e. The van der Waals surface area contributed by atoms with Gasteiger partial charge in [-0.05, 0) is 32.8 Å². The Morgan fingerprint density at radius 2 is 1.77 bits per heavy atom. The summed E-state index contributed by atoms with van der Waals surface area (Å²) in [5.41, 5.74) is -0.494. The molecule has 5 nitrogen and oxygen atoms in total. The zero-order chi connectivity index (χ0) is 19.3. The van der Waals surface area contributed by atoms with E-state index in [-0.39, 0.29) is 11.7 Å². The van der Waals surface area contributed by atoms with Gasteiger partial charge in [-0.25, -0.2) is 0 Å². The first-order valence-electron chi connectivity index (χ1n) is 9.07. The number of para-hydroxylation sites is 1. The number of aromatic nitrogens is 1. The van der Waals surface area contributed by atoms with Crippen LogP contribution in [-0.4, -0.2) is 22.2 Å². The lowest BCUT2D eigenvalue weighted by Gasteiger charge is -2.46. The van der Waals surface area contributed by atoms with Crippen LogP contribution in [0.5, 0.6) is 0 Å². The highest BCUT2D eigenvalue weighted by molar-refractivity contribution is 6.08. The standard InChI is InChI=1S/C21H25NO4/c1-6-21(7-2)17(26-19(25)20(4,5)18(21)24)15-12-22(13(3)23)16-11-9-8-10-14(15)16/h8-12,17H,6-7H2,1-5H3/t17-/m0/s1. The molecule has 0 N–H and O–H groups in total. The van der Waals surface area contributed by atoms with Gasteiger partial charge in [0.2, 0.25) is 5.91 Å². The van der Waals surface area contributed by atoms with Crippen LogP contribution in [-0.2, 0) is 14.3 Å². The third kappa shape index (κ3) is 2.33. The van der Waals surface area contributed by atoms with Crippen molar-refractivity contribution in [2.75, 3.05) is 0 Å². The highest BCUT2D eigenvalue weighted by atomic mass is 16.5. The van der Waals surface area contributed by atoms with Crippen LogP contribution in [0.3, 0.4) is 0 Å². The van der Waals surface area contributed by atoms with Crippen LogP contribution in [0.25, 0.3) is 10.9 Å². The summed E-state index contributed by atoms with van der Waals surface area (Å²) in [6.07, 6.45) is 2.14. The van der Waals surface area contributed by atoms with Gasteiger partial charge >= 0.3 is 5.97 Å². The molecule has 2 heterocycles. The number of hydrogen-bond donors (Lipinski definition) is 0. The van der Waals surface area contributed by atoms with Crippen molar-refractivity contribution in [3.8, 4) is 0 Å². The Kier molecular flexibility index (Phi) is 4.29. The maximum atomic E-state index is 13.3. The fraction of sp³-hybridized carbons (Fsp3) is 0.476. The number of ether oxygens (including phenoxy) is 1. The summed E-state index contributed by atoms with van der Waals surface area (Å²) in [7, 11) is 0. The molecule has 138 valence electrons. The van der Waals surface area contributed by atoms with Gasteiger partial charge in [-0.3, -0.25) is 19.0 Å². The Labute approximate surface area is 153 Å². The smallest absolute Gasteiger partial charge is 0.319 e. The molecule has 0 saturated carbocycles. The molecular weight excluding hydrogens is 330 g/mol. The monoisotopic (exact) mass is 355 g/mol. The molecular formula is C21H25NO4. The molecule has 0 amide bonds. The van der Waals surface area contributed by atoms with Crippen LogP contribution in [0.2, 0.25) is 0 Å². The minimum absolute atomic E-state index is 0.0871. The van der Waals surface area contributed by atoms with Crippen molar-refractivity contribution >= 4 is 28.6 Å². The number of ketones is 1. The topological polar surface area (TPSA) is 65.4 Å². The summed E-state index contributed by atoms with van der Waals surface area (Å²) >= 11 is 0. The van der Waals surface area contributed by atoms with E-state index in [0.29, 0.717) is 12.8 Å². The average molecular weight is 355 g/mol. The van der Waals surface area contributed by atoms with E-state index in [9.17, 15) is 14.4 Å². The number of Topliss-reactive ketones (excluding diaryl/α,β-unsaturated/α-hetero) is 1. The number of nitrogens with zero attached hydrogens (tertiary/aromatic N) is 1. The van der Waals surface area contributed by atoms with E-state index in [0.717, 1.165) is 16.5 Å². The van der Waals surface area contributed by atoms with E-state index in [2.05, 4.69) is 0 Å². The van der Waals surface area contributed by atoms with Gasteiger partial charge in [0.25, 0.3) is 0 Å². The first-order chi connectivity index (χ1) is 12.2. The Balaban J connectivity index is 2.28. The number of esters is 1. The molecule has 2 aromatic rings. The van der Waals surface area contributed by atoms with Crippen LogP contribution in [0, 0.1) is 10.8 Å². The van der Waals surface area contributed by atoms with Gasteiger partial charge < -0.3 is 4.74 Å². The lowest BCUT2D eigenvalue weighted by molar-refractivity contribution is -0.190. The Bertz CT molecular complexity index is 902. The number of fused-ring (bicyclic) bond motifs is 1. The molecule has 0 aliphatic carbocycles. The van der Waals surface area contributed by atoms with Crippen molar-refractivity contribution in [2.24, 2.45) is 10.8 Å². The summed E-state index contributed by atoms with van der Waals surface area (Å²) in [5, 5.41) is 0.833. The summed E-state index contributed by atoms with van der Waals surface area (Å²) in [6, 6.07) is 7.50. The normalized spacial score (nSPS) is 21.7. The van der Waals surface area contributed by atoms with E-state index >= 15 is 0 Å². The molecule has 0 bridgehead atoms. The van der Waals surface area contributed by atoms with Gasteiger partial charge in [-0.2, -0.15) is 0 Å². The number of carbonyl (C=O) groups excluding carboxylic acids is 3. The second-order valence-corrected chi connectivity index (χ2v) is 7.59. The number of benzene rings is 1. The van der Waals surface area contributed by atoms with Gasteiger partial charge in [0.1, 0.15) is 11.5 Å². The third-order valence-corrected chi connectivity index (χ3v) is 5.88. The second-order valence-electron chi connectivity index (χ2n) is 7.59. The van der Waals surface area contributed by atoms with Crippen LogP contribution in [0.4, 0.5) is 0 Å². The van der Waals surface area contributed by atoms with Crippen LogP contribution < -0.4 is 0 Å². The molecule has 5 heteroatoms. The highest BCUT2D eigenvalue weighted by Gasteiger charge is 2.59. The first-order valence-corrected chi connectivity index (χ1v) is 9.07. The van der Waals surface area contributed by atoms with Crippen molar-refractivity contribution in [3.63, 3.8) is 0 Å². The van der Waals surface area contributed by atoms with Gasteiger partial charge in [0, 0.05) is 24.1 Å². The predicted octanol–water partition coefficient (Wildman–Crippen LogP) is 4.30. The minimum Gasteiger partial charge on any atom is -0.456 e. The molecule has 1 saturated heterocycles. The predicted molar refractivity (Wildman–Crippen MR) is 98.9 cm³/mol. The zero-order valence-corrected chi connectivity index (χ0v) is 16.0. The molecule has 1 aliphatic heterocycles. The Hall–Kier alpha value is -2.43. The number of carbonyl (C=O) groups is 3. The lowest BCUT2D eigenvalue weighted by atomic mass is 9.62. The average Bonchev–Trinajstić information content (AvgIpc) is 3.00. The number of rotatable bonds is 3. The molecule has 1 atom stereocenters. The first kappa shape index (κ1) is 18.4. The summed E-state index contributed by atoms with van der Waals surface area (Å²) in [5.74, 6) is -0.722.